The molecule has 2 aromatic carbocycles. The lowest BCUT2D eigenvalue weighted by atomic mass is 10.1. The highest BCUT2D eigenvalue weighted by atomic mass is 35.5. The van der Waals surface area contributed by atoms with Gasteiger partial charge in [-0.05, 0) is 49.6 Å². The zero-order valence-electron chi connectivity index (χ0n) is 17.5. The molecule has 2 aromatic rings. The van der Waals surface area contributed by atoms with E-state index in [4.69, 9.17) is 23.2 Å². The zero-order chi connectivity index (χ0) is 22.1. The van der Waals surface area contributed by atoms with Crippen molar-refractivity contribution in [3.05, 3.63) is 69.7 Å². The van der Waals surface area contributed by atoms with Gasteiger partial charge in [0.05, 0.1) is 5.75 Å². The van der Waals surface area contributed by atoms with Crippen LogP contribution in [0, 0.1) is 0 Å². The van der Waals surface area contributed by atoms with E-state index in [9.17, 15) is 9.59 Å². The first-order chi connectivity index (χ1) is 14.3. The Morgan fingerprint density at radius 3 is 2.33 bits per heavy atom. The quantitative estimate of drug-likeness (QED) is 0.498. The topological polar surface area (TPSA) is 49.4 Å². The molecule has 1 atom stereocenters. The van der Waals surface area contributed by atoms with Crippen molar-refractivity contribution in [2.75, 3.05) is 5.75 Å². The molecule has 0 heterocycles. The third-order valence-corrected chi connectivity index (χ3v) is 6.11. The Labute approximate surface area is 193 Å². The predicted molar refractivity (Wildman–Crippen MR) is 127 cm³/mol. The third kappa shape index (κ3) is 7.53. The van der Waals surface area contributed by atoms with E-state index in [-0.39, 0.29) is 23.6 Å². The maximum Gasteiger partial charge on any atom is 0.243 e. The average Bonchev–Trinajstić information content (AvgIpc) is 2.70. The molecule has 4 nitrogen and oxygen atoms in total. The Hall–Kier alpha value is -1.69. The molecule has 1 N–H and O–H groups in total. The summed E-state index contributed by atoms with van der Waals surface area (Å²) < 4.78 is 0. The first-order valence-electron chi connectivity index (χ1n) is 9.97. The number of hydrogen-bond donors (Lipinski definition) is 1. The fourth-order valence-electron chi connectivity index (χ4n) is 3.03. The van der Waals surface area contributed by atoms with E-state index >= 15 is 0 Å². The maximum absolute atomic E-state index is 13.1. The number of carbonyl (C=O) groups is 2. The van der Waals surface area contributed by atoms with Crippen molar-refractivity contribution in [3.63, 3.8) is 0 Å². The van der Waals surface area contributed by atoms with Crippen LogP contribution in [0.4, 0.5) is 0 Å². The van der Waals surface area contributed by atoms with Crippen molar-refractivity contribution in [1.29, 1.82) is 0 Å². The first kappa shape index (κ1) is 24.6. The molecule has 0 radical (unpaired) electrons. The second-order valence-electron chi connectivity index (χ2n) is 7.32. The standard InChI is InChI=1S/C23H28Cl2N2O2S/c1-4-21(23(29)26-16(2)3)27(13-17-9-11-19(24)12-10-17)22(28)15-30-14-18-7-5-6-8-20(18)25/h5-12,16,21H,4,13-15H2,1-3H3,(H,26,29)/t21-/m0/s1. The first-order valence-corrected chi connectivity index (χ1v) is 11.9. The second kappa shape index (κ2) is 12.2. The number of hydrogen-bond acceptors (Lipinski definition) is 3. The monoisotopic (exact) mass is 466 g/mol. The molecule has 162 valence electrons. The molecule has 0 bridgehead atoms. The van der Waals surface area contributed by atoms with E-state index in [0.717, 1.165) is 11.1 Å². The van der Waals surface area contributed by atoms with Gasteiger partial charge in [-0.15, -0.1) is 11.8 Å². The zero-order valence-corrected chi connectivity index (χ0v) is 19.9. The minimum Gasteiger partial charge on any atom is -0.352 e. The van der Waals surface area contributed by atoms with Crippen LogP contribution in [0.2, 0.25) is 10.0 Å². The lowest BCUT2D eigenvalue weighted by molar-refractivity contribution is -0.139. The Balaban J connectivity index is 2.13. The summed E-state index contributed by atoms with van der Waals surface area (Å²) in [7, 11) is 0. The third-order valence-electron chi connectivity index (χ3n) is 4.52. The summed E-state index contributed by atoms with van der Waals surface area (Å²) in [5.74, 6) is 0.693. The van der Waals surface area contributed by atoms with E-state index in [1.165, 1.54) is 11.8 Å². The van der Waals surface area contributed by atoms with Gasteiger partial charge in [0.15, 0.2) is 0 Å². The summed E-state index contributed by atoms with van der Waals surface area (Å²) in [5, 5.41) is 4.26. The molecule has 0 aliphatic carbocycles. The number of rotatable bonds is 10. The molecule has 0 unspecified atom stereocenters. The van der Waals surface area contributed by atoms with Crippen LogP contribution in [0.3, 0.4) is 0 Å². The summed E-state index contributed by atoms with van der Waals surface area (Å²) in [6.45, 7) is 6.10. The number of amides is 2. The van der Waals surface area contributed by atoms with Crippen LogP contribution in [-0.2, 0) is 21.9 Å². The van der Waals surface area contributed by atoms with Gasteiger partial charge < -0.3 is 10.2 Å². The lowest BCUT2D eigenvalue weighted by Gasteiger charge is -2.31. The summed E-state index contributed by atoms with van der Waals surface area (Å²) in [5.41, 5.74) is 1.92. The van der Waals surface area contributed by atoms with Crippen LogP contribution in [0.25, 0.3) is 0 Å². The van der Waals surface area contributed by atoms with Gasteiger partial charge in [-0.25, -0.2) is 0 Å². The molecule has 0 aromatic heterocycles. The van der Waals surface area contributed by atoms with Crippen molar-refractivity contribution >= 4 is 46.8 Å². The van der Waals surface area contributed by atoms with Crippen LogP contribution < -0.4 is 5.32 Å². The number of thioether (sulfide) groups is 1. The molecule has 0 aliphatic rings. The van der Waals surface area contributed by atoms with Crippen LogP contribution in [0.5, 0.6) is 0 Å². The summed E-state index contributed by atoms with van der Waals surface area (Å²) in [4.78, 5) is 27.6. The number of benzene rings is 2. The molecule has 0 spiro atoms. The van der Waals surface area contributed by atoms with Crippen LogP contribution in [0.15, 0.2) is 48.5 Å². The highest BCUT2D eigenvalue weighted by molar-refractivity contribution is 7.99. The van der Waals surface area contributed by atoms with Crippen molar-refractivity contribution in [2.45, 2.75) is 51.6 Å². The number of halogens is 2. The average molecular weight is 467 g/mol. The van der Waals surface area contributed by atoms with E-state index in [1.54, 1.807) is 17.0 Å². The summed E-state index contributed by atoms with van der Waals surface area (Å²) in [6.07, 6.45) is 0.535. The Bertz CT molecular complexity index is 843. The Morgan fingerprint density at radius 1 is 1.07 bits per heavy atom. The van der Waals surface area contributed by atoms with Gasteiger partial charge in [0.2, 0.25) is 11.8 Å². The predicted octanol–water partition coefficient (Wildman–Crippen LogP) is 5.56. The van der Waals surface area contributed by atoms with Crippen molar-refractivity contribution < 1.29 is 9.59 Å². The number of nitrogens with zero attached hydrogens (tertiary/aromatic N) is 1. The largest absolute Gasteiger partial charge is 0.352 e. The van der Waals surface area contributed by atoms with Crippen LogP contribution in [0.1, 0.15) is 38.3 Å². The van der Waals surface area contributed by atoms with Crippen LogP contribution in [-0.4, -0.2) is 34.6 Å². The van der Waals surface area contributed by atoms with E-state index in [0.29, 0.717) is 28.8 Å². The molecular weight excluding hydrogens is 439 g/mol. The van der Waals surface area contributed by atoms with Gasteiger partial charge in [0.1, 0.15) is 6.04 Å². The number of nitrogens with one attached hydrogen (secondary N) is 1. The van der Waals surface area contributed by atoms with Crippen molar-refractivity contribution in [1.82, 2.24) is 10.2 Å². The molecule has 0 fully saturated rings. The molecule has 0 saturated carbocycles. The fourth-order valence-corrected chi connectivity index (χ4v) is 4.36. The van der Waals surface area contributed by atoms with E-state index in [1.807, 2.05) is 57.2 Å². The van der Waals surface area contributed by atoms with Gasteiger partial charge in [0, 0.05) is 28.4 Å². The minimum absolute atomic E-state index is 0.00799. The Kier molecular flexibility index (Phi) is 10.0. The second-order valence-corrected chi connectivity index (χ2v) is 9.15. The van der Waals surface area contributed by atoms with E-state index in [2.05, 4.69) is 5.32 Å². The van der Waals surface area contributed by atoms with Gasteiger partial charge >= 0.3 is 0 Å². The Morgan fingerprint density at radius 2 is 1.73 bits per heavy atom. The van der Waals surface area contributed by atoms with Crippen molar-refractivity contribution in [3.8, 4) is 0 Å². The van der Waals surface area contributed by atoms with E-state index < -0.39 is 6.04 Å². The highest BCUT2D eigenvalue weighted by Crippen LogP contribution is 2.22. The van der Waals surface area contributed by atoms with Gasteiger partial charge in [-0.3, -0.25) is 9.59 Å². The van der Waals surface area contributed by atoms with Gasteiger partial charge in [0.25, 0.3) is 0 Å². The highest BCUT2D eigenvalue weighted by Gasteiger charge is 2.28. The maximum atomic E-state index is 13.1. The smallest absolute Gasteiger partial charge is 0.243 e. The molecule has 7 heteroatoms. The van der Waals surface area contributed by atoms with Gasteiger partial charge in [-0.2, -0.15) is 0 Å². The SMILES string of the molecule is CC[C@@H](C(=O)NC(C)C)N(Cc1ccc(Cl)cc1)C(=O)CSCc1ccccc1Cl. The molecular formula is C23H28Cl2N2O2S. The fraction of sp³-hybridized carbons (Fsp3) is 0.391. The van der Waals surface area contributed by atoms with Gasteiger partial charge in [-0.1, -0.05) is 60.5 Å². The normalized spacial score (nSPS) is 11.9. The molecule has 0 aliphatic heterocycles. The molecule has 2 rings (SSSR count). The molecule has 2 amide bonds. The lowest BCUT2D eigenvalue weighted by Crippen LogP contribution is -2.50. The number of carbonyl (C=O) groups excluding carboxylic acids is 2. The van der Waals surface area contributed by atoms with Crippen LogP contribution >= 0.6 is 35.0 Å². The molecule has 0 saturated heterocycles. The summed E-state index contributed by atoms with van der Waals surface area (Å²) >= 11 is 13.7. The van der Waals surface area contributed by atoms with Crippen molar-refractivity contribution in [2.24, 2.45) is 0 Å². The summed E-state index contributed by atoms with van der Waals surface area (Å²) in [6, 6.07) is 14.4. The molecule has 30 heavy (non-hydrogen) atoms. The minimum atomic E-state index is -0.531.